The molecule has 0 bridgehead atoms. The minimum Gasteiger partial charge on any atom is -0.309 e. The summed E-state index contributed by atoms with van der Waals surface area (Å²) >= 11 is 1.83. The molecule has 0 fully saturated rings. The molecule has 2 aliphatic rings. The van der Waals surface area contributed by atoms with Gasteiger partial charge in [-0.1, -0.05) is 151 Å². The van der Waals surface area contributed by atoms with Crippen molar-refractivity contribution in [1.82, 2.24) is 19.5 Å². The van der Waals surface area contributed by atoms with Crippen LogP contribution in [0.4, 0.5) is 0 Å². The van der Waals surface area contributed by atoms with Gasteiger partial charge in [0.2, 0.25) is 0 Å². The van der Waals surface area contributed by atoms with Crippen LogP contribution in [0.25, 0.3) is 72.8 Å². The van der Waals surface area contributed by atoms with Crippen molar-refractivity contribution in [3.8, 4) is 63.1 Å². The molecular formula is C54H30N6S. The van der Waals surface area contributed by atoms with Gasteiger partial charge in [0.15, 0.2) is 17.5 Å². The fraction of sp³-hybridized carbons (Fsp3) is 0.0185. The van der Waals surface area contributed by atoms with Crippen molar-refractivity contribution in [2.75, 3.05) is 0 Å². The molecule has 0 radical (unpaired) electrons. The summed E-state index contributed by atoms with van der Waals surface area (Å²) in [6.07, 6.45) is 0. The molecule has 1 aliphatic carbocycles. The third kappa shape index (κ3) is 5.05. The van der Waals surface area contributed by atoms with Crippen LogP contribution in [0.1, 0.15) is 33.4 Å². The van der Waals surface area contributed by atoms with E-state index < -0.39 is 5.41 Å². The van der Waals surface area contributed by atoms with Crippen LogP contribution in [0.3, 0.4) is 0 Å². The van der Waals surface area contributed by atoms with Gasteiger partial charge in [0.25, 0.3) is 0 Å². The van der Waals surface area contributed by atoms with Gasteiger partial charge in [-0.2, -0.15) is 10.5 Å². The average Bonchev–Trinajstić information content (AvgIpc) is 3.80. The van der Waals surface area contributed by atoms with Crippen LogP contribution < -0.4 is 0 Å². The van der Waals surface area contributed by atoms with Crippen LogP contribution in [0.2, 0.25) is 0 Å². The van der Waals surface area contributed by atoms with Crippen LogP contribution in [-0.2, 0) is 5.41 Å². The molecule has 6 nitrogen and oxygen atoms in total. The molecule has 8 aromatic carbocycles. The monoisotopic (exact) mass is 794 g/mol. The summed E-state index contributed by atoms with van der Waals surface area (Å²) in [5.41, 5.74) is 12.1. The first-order chi connectivity index (χ1) is 30.1. The van der Waals surface area contributed by atoms with Crippen molar-refractivity contribution in [2.45, 2.75) is 15.2 Å². The fourth-order valence-electron chi connectivity index (χ4n) is 9.68. The molecule has 0 saturated heterocycles. The lowest BCUT2D eigenvalue weighted by molar-refractivity contribution is 0.723. The standard InChI is InChI=1S/C54H30N6S/c55-31-35-27-37(28-36(32-56)50(35)53-58-51(33-15-3-1-4-16-33)57-52(59-53)34-17-5-2-6-18-34)60-46-24-12-8-20-39(46)41-29-40-38-19-7-9-21-42(38)54(45(40)30-47(41)60)43-22-10-13-25-48(43)61-49-26-14-11-23-44(49)54/h1-30H. The van der Waals surface area contributed by atoms with E-state index in [0.717, 1.165) is 32.9 Å². The van der Waals surface area contributed by atoms with Crippen LogP contribution in [-0.4, -0.2) is 19.5 Å². The maximum atomic E-state index is 11.0. The van der Waals surface area contributed by atoms with Crippen LogP contribution in [0.15, 0.2) is 192 Å². The van der Waals surface area contributed by atoms with Gasteiger partial charge in [-0.3, -0.25) is 0 Å². The number of nitriles is 2. The van der Waals surface area contributed by atoms with Crippen molar-refractivity contribution in [3.63, 3.8) is 0 Å². The highest BCUT2D eigenvalue weighted by atomic mass is 32.2. The maximum Gasteiger partial charge on any atom is 0.166 e. The summed E-state index contributed by atoms with van der Waals surface area (Å²) in [7, 11) is 0. The number of nitrogens with zero attached hydrogens (tertiary/aromatic N) is 6. The molecule has 2 aromatic heterocycles. The maximum absolute atomic E-state index is 11.0. The van der Waals surface area contributed by atoms with Crippen LogP contribution in [0, 0.1) is 22.7 Å². The van der Waals surface area contributed by atoms with E-state index >= 15 is 0 Å². The predicted octanol–water partition coefficient (Wildman–Crippen LogP) is 12.5. The minimum atomic E-state index is -0.565. The Labute approximate surface area is 355 Å². The van der Waals surface area contributed by atoms with Crippen molar-refractivity contribution in [1.29, 1.82) is 10.5 Å². The van der Waals surface area contributed by atoms with E-state index in [1.54, 1.807) is 0 Å². The molecule has 1 aliphatic heterocycles. The van der Waals surface area contributed by atoms with E-state index in [0.29, 0.717) is 34.0 Å². The molecule has 0 N–H and O–H groups in total. The van der Waals surface area contributed by atoms with Crippen LogP contribution >= 0.6 is 11.8 Å². The van der Waals surface area contributed by atoms with Gasteiger partial charge in [-0.25, -0.2) is 15.0 Å². The Morgan fingerprint density at radius 2 is 0.967 bits per heavy atom. The van der Waals surface area contributed by atoms with E-state index in [-0.39, 0.29) is 5.82 Å². The van der Waals surface area contributed by atoms with Crippen molar-refractivity contribution < 1.29 is 0 Å². The minimum absolute atomic E-state index is 0.264. The highest BCUT2D eigenvalue weighted by molar-refractivity contribution is 7.99. The molecule has 10 aromatic rings. The van der Waals surface area contributed by atoms with E-state index in [1.165, 1.54) is 43.2 Å². The number of benzene rings is 8. The zero-order chi connectivity index (χ0) is 40.7. The molecule has 12 rings (SSSR count). The van der Waals surface area contributed by atoms with Crippen LogP contribution in [0.5, 0.6) is 0 Å². The molecule has 1 spiro atoms. The SMILES string of the molecule is N#Cc1cc(-n2c3ccccc3c3cc4c(cc32)C2(c3ccccc3Sc3ccccc32)c2ccccc2-4)cc(C#N)c1-c1nc(-c2ccccc2)nc(-c2ccccc2)n1. The van der Waals surface area contributed by atoms with Gasteiger partial charge in [0.05, 0.1) is 33.1 Å². The Morgan fingerprint density at radius 3 is 1.59 bits per heavy atom. The first-order valence-electron chi connectivity index (χ1n) is 20.1. The van der Waals surface area contributed by atoms with Crippen molar-refractivity contribution >= 4 is 33.6 Å². The largest absolute Gasteiger partial charge is 0.309 e. The molecule has 3 heterocycles. The third-order valence-corrected chi connectivity index (χ3v) is 13.3. The Balaban J connectivity index is 1.13. The highest BCUT2D eigenvalue weighted by Gasteiger charge is 2.50. The molecule has 0 unspecified atom stereocenters. The first-order valence-corrected chi connectivity index (χ1v) is 20.9. The quantitative estimate of drug-likeness (QED) is 0.176. The lowest BCUT2D eigenvalue weighted by Gasteiger charge is -2.39. The summed E-state index contributed by atoms with van der Waals surface area (Å²) < 4.78 is 2.21. The molecule has 0 atom stereocenters. The second kappa shape index (κ2) is 13.5. The number of aromatic nitrogens is 4. The van der Waals surface area contributed by atoms with Crippen molar-refractivity contribution in [3.05, 3.63) is 215 Å². The van der Waals surface area contributed by atoms with Gasteiger partial charge < -0.3 is 4.57 Å². The Morgan fingerprint density at radius 1 is 0.443 bits per heavy atom. The topological polar surface area (TPSA) is 91.2 Å². The normalized spacial score (nSPS) is 13.0. The Hall–Kier alpha value is -8.10. The Kier molecular flexibility index (Phi) is 7.71. The molecule has 0 saturated carbocycles. The number of para-hydroxylation sites is 1. The number of hydrogen-bond acceptors (Lipinski definition) is 6. The summed E-state index contributed by atoms with van der Waals surface area (Å²) in [6, 6.07) is 67.6. The van der Waals surface area contributed by atoms with E-state index in [9.17, 15) is 10.5 Å². The number of fused-ring (bicyclic) bond motifs is 12. The van der Waals surface area contributed by atoms with Gasteiger partial charge in [-0.05, 0) is 75.8 Å². The van der Waals surface area contributed by atoms with Gasteiger partial charge in [0, 0.05) is 37.4 Å². The van der Waals surface area contributed by atoms with Crippen molar-refractivity contribution in [2.24, 2.45) is 0 Å². The number of rotatable bonds is 4. The summed E-state index contributed by atoms with van der Waals surface area (Å²) in [6.45, 7) is 0. The molecule has 61 heavy (non-hydrogen) atoms. The van der Waals surface area contributed by atoms with E-state index in [1.807, 2.05) is 90.6 Å². The summed E-state index contributed by atoms with van der Waals surface area (Å²) in [4.78, 5) is 17.2. The van der Waals surface area contributed by atoms with Gasteiger partial charge in [0.1, 0.15) is 12.1 Å². The lowest BCUT2D eigenvalue weighted by Crippen LogP contribution is -2.31. The smallest absolute Gasteiger partial charge is 0.166 e. The van der Waals surface area contributed by atoms with E-state index in [2.05, 4.69) is 120 Å². The predicted molar refractivity (Wildman–Crippen MR) is 241 cm³/mol. The molecule has 0 amide bonds. The Bertz CT molecular complexity index is 3400. The summed E-state index contributed by atoms with van der Waals surface area (Å²) in [5.74, 6) is 1.17. The van der Waals surface area contributed by atoms with Gasteiger partial charge in [-0.15, -0.1) is 0 Å². The second-order valence-electron chi connectivity index (χ2n) is 15.3. The summed E-state index contributed by atoms with van der Waals surface area (Å²) in [5, 5.41) is 24.1. The first kappa shape index (κ1) is 34.9. The molecule has 7 heteroatoms. The average molecular weight is 795 g/mol. The molecule has 282 valence electrons. The van der Waals surface area contributed by atoms with Gasteiger partial charge >= 0.3 is 0 Å². The number of hydrogen-bond donors (Lipinski definition) is 0. The lowest BCUT2D eigenvalue weighted by atomic mass is 9.67. The second-order valence-corrected chi connectivity index (χ2v) is 16.4. The zero-order valence-electron chi connectivity index (χ0n) is 32.4. The molecular weight excluding hydrogens is 765 g/mol. The highest BCUT2D eigenvalue weighted by Crippen LogP contribution is 2.62. The van der Waals surface area contributed by atoms with E-state index in [4.69, 9.17) is 15.0 Å². The fourth-order valence-corrected chi connectivity index (χ4v) is 10.9. The third-order valence-electron chi connectivity index (χ3n) is 12.2. The zero-order valence-corrected chi connectivity index (χ0v) is 33.2.